The summed E-state index contributed by atoms with van der Waals surface area (Å²) in [4.78, 5) is 12.6. The SMILES string of the molecule is O=C(Nc1ccnn1C1CCCC1)c1ccc(COc2ccc3ccccc3c2)o1. The van der Waals surface area contributed by atoms with E-state index in [1.165, 1.54) is 18.2 Å². The number of carbonyl (C=O) groups is 1. The van der Waals surface area contributed by atoms with E-state index in [9.17, 15) is 4.79 Å². The second-order valence-corrected chi connectivity index (χ2v) is 7.62. The molecule has 30 heavy (non-hydrogen) atoms. The van der Waals surface area contributed by atoms with Gasteiger partial charge in [-0.25, -0.2) is 4.68 Å². The highest BCUT2D eigenvalue weighted by molar-refractivity contribution is 6.01. The minimum absolute atomic E-state index is 0.256. The summed E-state index contributed by atoms with van der Waals surface area (Å²) in [7, 11) is 0. The maximum Gasteiger partial charge on any atom is 0.292 e. The molecule has 0 radical (unpaired) electrons. The Balaban J connectivity index is 1.23. The molecule has 0 saturated heterocycles. The summed E-state index contributed by atoms with van der Waals surface area (Å²) in [5, 5.41) is 9.59. The predicted octanol–water partition coefficient (Wildman–Crippen LogP) is 5.58. The van der Waals surface area contributed by atoms with E-state index in [0.717, 1.165) is 24.0 Å². The first-order chi connectivity index (χ1) is 14.8. The molecule has 1 aliphatic rings. The van der Waals surface area contributed by atoms with Gasteiger partial charge >= 0.3 is 0 Å². The van der Waals surface area contributed by atoms with Crippen molar-refractivity contribution < 1.29 is 13.9 Å². The van der Waals surface area contributed by atoms with Gasteiger partial charge in [0.05, 0.1) is 12.2 Å². The van der Waals surface area contributed by atoms with Gasteiger partial charge in [0.15, 0.2) is 5.76 Å². The number of nitrogens with one attached hydrogen (secondary N) is 1. The van der Waals surface area contributed by atoms with Crippen LogP contribution < -0.4 is 10.1 Å². The number of fused-ring (bicyclic) bond motifs is 1. The Morgan fingerprint density at radius 3 is 2.77 bits per heavy atom. The molecule has 2 aromatic heterocycles. The van der Waals surface area contributed by atoms with E-state index >= 15 is 0 Å². The maximum absolute atomic E-state index is 12.6. The first-order valence-electron chi connectivity index (χ1n) is 10.3. The molecule has 1 saturated carbocycles. The highest BCUT2D eigenvalue weighted by Crippen LogP contribution is 2.31. The third kappa shape index (κ3) is 3.81. The lowest BCUT2D eigenvalue weighted by Crippen LogP contribution is -2.17. The molecule has 1 fully saturated rings. The fraction of sp³-hybridized carbons (Fsp3) is 0.250. The molecule has 2 aromatic carbocycles. The molecular weight excluding hydrogens is 378 g/mol. The number of carbonyl (C=O) groups excluding carboxylic acids is 1. The Morgan fingerprint density at radius 1 is 1.07 bits per heavy atom. The van der Waals surface area contributed by atoms with Crippen LogP contribution in [0.25, 0.3) is 10.8 Å². The molecule has 4 aromatic rings. The predicted molar refractivity (Wildman–Crippen MR) is 115 cm³/mol. The van der Waals surface area contributed by atoms with Crippen LogP contribution in [0.5, 0.6) is 5.75 Å². The molecule has 0 spiro atoms. The standard InChI is InChI=1S/C24H23N3O3/c28-24(26-23-13-14-25-27(23)19-7-3-4-8-19)22-12-11-21(30-22)16-29-20-10-9-17-5-1-2-6-18(17)15-20/h1-2,5-6,9-15,19H,3-4,7-8,16H2,(H,26,28). The van der Waals surface area contributed by atoms with Crippen LogP contribution in [0, 0.1) is 0 Å². The Morgan fingerprint density at radius 2 is 1.90 bits per heavy atom. The van der Waals surface area contributed by atoms with Gasteiger partial charge in [-0.05, 0) is 47.9 Å². The minimum Gasteiger partial charge on any atom is -0.486 e. The van der Waals surface area contributed by atoms with Crippen LogP contribution in [-0.2, 0) is 6.61 Å². The molecule has 1 amide bonds. The van der Waals surface area contributed by atoms with Crippen molar-refractivity contribution >= 4 is 22.5 Å². The zero-order valence-corrected chi connectivity index (χ0v) is 16.6. The van der Waals surface area contributed by atoms with Gasteiger partial charge in [-0.1, -0.05) is 43.2 Å². The number of rotatable bonds is 6. The third-order valence-electron chi connectivity index (χ3n) is 5.57. The van der Waals surface area contributed by atoms with E-state index in [2.05, 4.69) is 16.5 Å². The number of furan rings is 1. The summed E-state index contributed by atoms with van der Waals surface area (Å²) in [6.45, 7) is 0.256. The molecule has 2 heterocycles. The first kappa shape index (κ1) is 18.5. The molecule has 1 aliphatic carbocycles. The molecule has 0 aliphatic heterocycles. The summed E-state index contributed by atoms with van der Waals surface area (Å²) in [6.07, 6.45) is 6.33. The lowest BCUT2D eigenvalue weighted by Gasteiger charge is -2.14. The number of benzene rings is 2. The molecular formula is C24H23N3O3. The lowest BCUT2D eigenvalue weighted by atomic mass is 10.1. The largest absolute Gasteiger partial charge is 0.486 e. The molecule has 0 atom stereocenters. The van der Waals surface area contributed by atoms with Crippen molar-refractivity contribution in [2.24, 2.45) is 0 Å². The third-order valence-corrected chi connectivity index (χ3v) is 5.57. The van der Waals surface area contributed by atoms with Crippen LogP contribution in [0.2, 0.25) is 0 Å². The minimum atomic E-state index is -0.285. The van der Waals surface area contributed by atoms with Crippen LogP contribution >= 0.6 is 0 Å². The van der Waals surface area contributed by atoms with Crippen molar-refractivity contribution in [1.29, 1.82) is 0 Å². The zero-order chi connectivity index (χ0) is 20.3. The van der Waals surface area contributed by atoms with Gasteiger partial charge in [0.2, 0.25) is 0 Å². The smallest absolute Gasteiger partial charge is 0.292 e. The number of hydrogen-bond donors (Lipinski definition) is 1. The second-order valence-electron chi connectivity index (χ2n) is 7.62. The molecule has 0 unspecified atom stereocenters. The van der Waals surface area contributed by atoms with Crippen LogP contribution in [0.1, 0.15) is 48.0 Å². The summed E-state index contributed by atoms with van der Waals surface area (Å²) in [5.74, 6) is 2.03. The molecule has 0 bridgehead atoms. The Bertz CT molecular complexity index is 1170. The van der Waals surface area contributed by atoms with Gasteiger partial charge in [0.1, 0.15) is 23.9 Å². The monoisotopic (exact) mass is 401 g/mol. The Kier molecular flexibility index (Phi) is 4.97. The van der Waals surface area contributed by atoms with Crippen LogP contribution in [0.15, 0.2) is 71.3 Å². The normalized spacial score (nSPS) is 14.3. The molecule has 6 heteroatoms. The van der Waals surface area contributed by atoms with E-state index < -0.39 is 0 Å². The fourth-order valence-corrected chi connectivity index (χ4v) is 4.02. The molecule has 152 valence electrons. The zero-order valence-electron chi connectivity index (χ0n) is 16.6. The van der Waals surface area contributed by atoms with E-state index in [4.69, 9.17) is 9.15 Å². The Labute approximate surface area is 174 Å². The topological polar surface area (TPSA) is 69.3 Å². The van der Waals surface area contributed by atoms with Gasteiger partial charge in [0, 0.05) is 6.07 Å². The van der Waals surface area contributed by atoms with Crippen molar-refractivity contribution in [3.8, 4) is 5.75 Å². The molecule has 6 nitrogen and oxygen atoms in total. The second kappa shape index (κ2) is 8.06. The van der Waals surface area contributed by atoms with Gasteiger partial charge in [-0.3, -0.25) is 4.79 Å². The average molecular weight is 401 g/mol. The van der Waals surface area contributed by atoms with Gasteiger partial charge in [-0.2, -0.15) is 5.10 Å². The summed E-state index contributed by atoms with van der Waals surface area (Å²) in [6, 6.07) is 19.7. The van der Waals surface area contributed by atoms with Crippen LogP contribution in [-0.4, -0.2) is 15.7 Å². The average Bonchev–Trinajstić information content (AvgIpc) is 3.53. The number of anilines is 1. The number of nitrogens with zero attached hydrogens (tertiary/aromatic N) is 2. The van der Waals surface area contributed by atoms with Gasteiger partial charge in [0.25, 0.3) is 5.91 Å². The molecule has 5 rings (SSSR count). The summed E-state index contributed by atoms with van der Waals surface area (Å²) >= 11 is 0. The van der Waals surface area contributed by atoms with Gasteiger partial charge in [-0.15, -0.1) is 0 Å². The number of hydrogen-bond acceptors (Lipinski definition) is 4. The first-order valence-corrected chi connectivity index (χ1v) is 10.3. The maximum atomic E-state index is 12.6. The van der Waals surface area contributed by atoms with Crippen LogP contribution in [0.3, 0.4) is 0 Å². The number of amides is 1. The highest BCUT2D eigenvalue weighted by atomic mass is 16.5. The Hall–Kier alpha value is -3.54. The summed E-state index contributed by atoms with van der Waals surface area (Å²) in [5.41, 5.74) is 0. The quantitative estimate of drug-likeness (QED) is 0.458. The highest BCUT2D eigenvalue weighted by Gasteiger charge is 2.21. The van der Waals surface area contributed by atoms with Crippen molar-refractivity contribution in [2.45, 2.75) is 38.3 Å². The van der Waals surface area contributed by atoms with Crippen molar-refractivity contribution in [2.75, 3.05) is 5.32 Å². The fourth-order valence-electron chi connectivity index (χ4n) is 4.02. The number of aromatic nitrogens is 2. The summed E-state index contributed by atoms with van der Waals surface area (Å²) < 4.78 is 13.5. The van der Waals surface area contributed by atoms with Crippen molar-refractivity contribution in [3.05, 3.63) is 78.4 Å². The van der Waals surface area contributed by atoms with E-state index in [1.807, 2.05) is 47.1 Å². The van der Waals surface area contributed by atoms with E-state index in [1.54, 1.807) is 18.3 Å². The lowest BCUT2D eigenvalue weighted by molar-refractivity contribution is 0.0991. The van der Waals surface area contributed by atoms with Gasteiger partial charge < -0.3 is 14.5 Å². The molecule has 1 N–H and O–H groups in total. The van der Waals surface area contributed by atoms with Crippen LogP contribution in [0.4, 0.5) is 5.82 Å². The van der Waals surface area contributed by atoms with E-state index in [0.29, 0.717) is 17.6 Å². The number of ether oxygens (including phenoxy) is 1. The van der Waals surface area contributed by atoms with Crippen molar-refractivity contribution in [3.63, 3.8) is 0 Å². The van der Waals surface area contributed by atoms with E-state index in [-0.39, 0.29) is 18.3 Å². The van der Waals surface area contributed by atoms with Crippen molar-refractivity contribution in [1.82, 2.24) is 9.78 Å².